The van der Waals surface area contributed by atoms with Gasteiger partial charge in [-0.05, 0) is 36.6 Å². The van der Waals surface area contributed by atoms with Gasteiger partial charge in [-0.15, -0.1) is 0 Å². The maximum atomic E-state index is 11.5. The van der Waals surface area contributed by atoms with E-state index in [9.17, 15) is 18.1 Å². The number of benzene rings is 2. The van der Waals surface area contributed by atoms with Crippen LogP contribution in [0.5, 0.6) is 17.2 Å². The van der Waals surface area contributed by atoms with Crippen LogP contribution >= 0.6 is 0 Å². The second-order valence-corrected chi connectivity index (χ2v) is 7.41. The number of ether oxygens (including phenoxy) is 1. The molecule has 0 amide bonds. The van der Waals surface area contributed by atoms with Crippen LogP contribution in [0.2, 0.25) is 0 Å². The summed E-state index contributed by atoms with van der Waals surface area (Å²) in [6.45, 7) is 2.13. The van der Waals surface area contributed by atoms with Crippen molar-refractivity contribution < 1.29 is 22.8 Å². The lowest BCUT2D eigenvalue weighted by molar-refractivity contribution is 0.403. The second kappa shape index (κ2) is 8.87. The van der Waals surface area contributed by atoms with Gasteiger partial charge in [-0.2, -0.15) is 8.42 Å². The molecule has 0 heterocycles. The minimum absolute atomic E-state index is 0.0184. The third kappa shape index (κ3) is 5.76. The molecule has 0 bridgehead atoms. The molecule has 0 aromatic heterocycles. The molecule has 0 saturated heterocycles. The van der Waals surface area contributed by atoms with E-state index in [4.69, 9.17) is 4.74 Å². The highest BCUT2D eigenvalue weighted by Crippen LogP contribution is 2.37. The molecular formula is C19H24O5S. The van der Waals surface area contributed by atoms with Crippen LogP contribution in [0.25, 0.3) is 0 Å². The van der Waals surface area contributed by atoms with Crippen molar-refractivity contribution in [2.45, 2.75) is 50.3 Å². The van der Waals surface area contributed by atoms with Gasteiger partial charge in [0.1, 0.15) is 5.75 Å². The van der Waals surface area contributed by atoms with Crippen LogP contribution in [0.4, 0.5) is 0 Å². The Kier molecular flexibility index (Phi) is 6.84. The van der Waals surface area contributed by atoms with Crippen molar-refractivity contribution in [1.82, 2.24) is 0 Å². The molecule has 0 saturated carbocycles. The predicted molar refractivity (Wildman–Crippen MR) is 96.9 cm³/mol. The summed E-state index contributed by atoms with van der Waals surface area (Å²) in [5, 5.41) is 10.4. The molecule has 0 aliphatic heterocycles. The van der Waals surface area contributed by atoms with Crippen molar-refractivity contribution in [2.24, 2.45) is 0 Å². The number of phenols is 1. The van der Waals surface area contributed by atoms with E-state index in [-0.39, 0.29) is 16.4 Å². The summed E-state index contributed by atoms with van der Waals surface area (Å²) in [5.74, 6) is 0.399. The molecule has 0 aliphatic rings. The van der Waals surface area contributed by atoms with Crippen molar-refractivity contribution in [1.29, 1.82) is 0 Å². The predicted octanol–water partition coefficient (Wildman–Crippen LogP) is 4.94. The van der Waals surface area contributed by atoms with Gasteiger partial charge in [0.05, 0.1) is 4.90 Å². The summed E-state index contributed by atoms with van der Waals surface area (Å²) < 4.78 is 38.0. The van der Waals surface area contributed by atoms with Crippen LogP contribution in [-0.2, 0) is 16.5 Å². The monoisotopic (exact) mass is 364 g/mol. The fraction of sp³-hybridized carbons (Fsp3) is 0.368. The number of phenolic OH excluding ortho intramolecular Hbond substituents is 1. The van der Waals surface area contributed by atoms with Gasteiger partial charge in [-0.1, -0.05) is 50.8 Å². The molecule has 0 fully saturated rings. The average molecular weight is 364 g/mol. The largest absolute Gasteiger partial charge is 0.504 e. The van der Waals surface area contributed by atoms with Gasteiger partial charge >= 0.3 is 0 Å². The Morgan fingerprint density at radius 3 is 2.32 bits per heavy atom. The maximum absolute atomic E-state index is 11.5. The smallest absolute Gasteiger partial charge is 0.294 e. The lowest BCUT2D eigenvalue weighted by Gasteiger charge is -2.13. The quantitative estimate of drug-likeness (QED) is 0.486. The van der Waals surface area contributed by atoms with E-state index < -0.39 is 10.1 Å². The van der Waals surface area contributed by atoms with Gasteiger partial charge < -0.3 is 9.84 Å². The summed E-state index contributed by atoms with van der Waals surface area (Å²) in [7, 11) is -4.39. The summed E-state index contributed by atoms with van der Waals surface area (Å²) in [6.07, 6.45) is 5.73. The Bertz CT molecular complexity index is 785. The first-order valence-electron chi connectivity index (χ1n) is 8.48. The van der Waals surface area contributed by atoms with E-state index in [0.29, 0.717) is 17.7 Å². The summed E-state index contributed by atoms with van der Waals surface area (Å²) in [6, 6.07) is 11.2. The highest BCUT2D eigenvalue weighted by molar-refractivity contribution is 7.85. The number of hydrogen-bond donors (Lipinski definition) is 2. The molecule has 0 unspecified atom stereocenters. The molecule has 0 atom stereocenters. The Balaban J connectivity index is 2.26. The van der Waals surface area contributed by atoms with Gasteiger partial charge in [-0.3, -0.25) is 4.55 Å². The first-order valence-corrected chi connectivity index (χ1v) is 9.92. The van der Waals surface area contributed by atoms with E-state index in [1.54, 1.807) is 24.3 Å². The zero-order valence-corrected chi connectivity index (χ0v) is 15.1. The average Bonchev–Trinajstić information content (AvgIpc) is 2.57. The van der Waals surface area contributed by atoms with Crippen molar-refractivity contribution in [2.75, 3.05) is 0 Å². The van der Waals surface area contributed by atoms with Crippen molar-refractivity contribution in [3.63, 3.8) is 0 Å². The van der Waals surface area contributed by atoms with Crippen LogP contribution in [-0.4, -0.2) is 18.1 Å². The highest BCUT2D eigenvalue weighted by atomic mass is 32.2. The Labute approximate surface area is 149 Å². The van der Waals surface area contributed by atoms with Crippen LogP contribution in [0.1, 0.15) is 44.6 Å². The molecule has 0 aliphatic carbocycles. The standard InChI is InChI=1S/C19H24O5S/c1-2-3-4-5-7-10-15-13-17(25(21,22)23)14-18(19(15)20)24-16-11-8-6-9-12-16/h6,8-9,11-14,20H,2-5,7,10H2,1H3,(H,21,22,23). The molecule has 0 spiro atoms. The van der Waals surface area contributed by atoms with Crippen LogP contribution in [0, 0.1) is 0 Å². The summed E-state index contributed by atoms with van der Waals surface area (Å²) in [5.41, 5.74) is 0.456. The first-order chi connectivity index (χ1) is 11.9. The number of rotatable bonds is 9. The zero-order chi connectivity index (χ0) is 18.3. The molecule has 2 aromatic rings. The minimum Gasteiger partial charge on any atom is -0.504 e. The summed E-state index contributed by atoms with van der Waals surface area (Å²) >= 11 is 0. The van der Waals surface area contributed by atoms with E-state index in [1.807, 2.05) is 6.07 Å². The van der Waals surface area contributed by atoms with E-state index in [0.717, 1.165) is 38.2 Å². The zero-order valence-electron chi connectivity index (χ0n) is 14.3. The minimum atomic E-state index is -4.39. The summed E-state index contributed by atoms with van der Waals surface area (Å²) in [4.78, 5) is -0.278. The maximum Gasteiger partial charge on any atom is 0.294 e. The molecule has 2 N–H and O–H groups in total. The number of para-hydroxylation sites is 1. The Hall–Kier alpha value is -2.05. The Morgan fingerprint density at radius 1 is 1.00 bits per heavy atom. The van der Waals surface area contributed by atoms with Gasteiger partial charge in [0.15, 0.2) is 11.5 Å². The topological polar surface area (TPSA) is 83.8 Å². The van der Waals surface area contributed by atoms with Crippen molar-refractivity contribution in [3.05, 3.63) is 48.0 Å². The second-order valence-electron chi connectivity index (χ2n) is 5.98. The molecule has 136 valence electrons. The number of aryl methyl sites for hydroxylation is 1. The Morgan fingerprint density at radius 2 is 1.68 bits per heavy atom. The van der Waals surface area contributed by atoms with Gasteiger partial charge in [0, 0.05) is 6.07 Å². The van der Waals surface area contributed by atoms with E-state index >= 15 is 0 Å². The fourth-order valence-corrected chi connectivity index (χ4v) is 3.14. The number of aromatic hydroxyl groups is 1. The van der Waals surface area contributed by atoms with Crippen LogP contribution in [0.3, 0.4) is 0 Å². The van der Waals surface area contributed by atoms with Crippen LogP contribution in [0.15, 0.2) is 47.4 Å². The molecule has 2 aromatic carbocycles. The van der Waals surface area contributed by atoms with Crippen molar-refractivity contribution >= 4 is 10.1 Å². The molecule has 5 nitrogen and oxygen atoms in total. The molecule has 6 heteroatoms. The van der Waals surface area contributed by atoms with Gasteiger partial charge in [-0.25, -0.2) is 0 Å². The van der Waals surface area contributed by atoms with Crippen LogP contribution < -0.4 is 4.74 Å². The fourth-order valence-electron chi connectivity index (χ4n) is 2.59. The lowest BCUT2D eigenvalue weighted by atomic mass is 10.0. The number of unbranched alkanes of at least 4 members (excludes halogenated alkanes) is 4. The van der Waals surface area contributed by atoms with E-state index in [2.05, 4.69) is 6.92 Å². The lowest BCUT2D eigenvalue weighted by Crippen LogP contribution is -2.01. The third-order valence-electron chi connectivity index (χ3n) is 3.95. The van der Waals surface area contributed by atoms with E-state index in [1.165, 1.54) is 6.07 Å². The third-order valence-corrected chi connectivity index (χ3v) is 4.78. The molecule has 0 radical (unpaired) electrons. The highest BCUT2D eigenvalue weighted by Gasteiger charge is 2.18. The molecule has 25 heavy (non-hydrogen) atoms. The molecular weight excluding hydrogens is 340 g/mol. The number of hydrogen-bond acceptors (Lipinski definition) is 4. The molecule has 2 rings (SSSR count). The van der Waals surface area contributed by atoms with Gasteiger partial charge in [0.2, 0.25) is 0 Å². The first kappa shape index (κ1) is 19.3. The van der Waals surface area contributed by atoms with Gasteiger partial charge in [0.25, 0.3) is 10.1 Å². The van der Waals surface area contributed by atoms with Crippen molar-refractivity contribution in [3.8, 4) is 17.2 Å². The SMILES string of the molecule is CCCCCCCc1cc(S(=O)(=O)O)cc(Oc2ccccc2)c1O. The normalized spacial score (nSPS) is 11.4.